The largest absolute Gasteiger partial charge is 0.377 e. The van der Waals surface area contributed by atoms with Gasteiger partial charge in [0.15, 0.2) is 18.2 Å². The fraction of sp³-hybridized carbons (Fsp3) is 0.353. The first-order chi connectivity index (χ1) is 10.3. The first-order valence-corrected chi connectivity index (χ1v) is 7.21. The van der Waals surface area contributed by atoms with Gasteiger partial charge in [-0.1, -0.05) is 0 Å². The van der Waals surface area contributed by atoms with Gasteiger partial charge in [-0.2, -0.15) is 4.57 Å². The molecule has 0 saturated carbocycles. The normalized spacial score (nSPS) is 10.6. The molecule has 0 spiro atoms. The number of rotatable bonds is 5. The molecule has 5 nitrogen and oxygen atoms in total. The molecule has 0 aliphatic carbocycles. The van der Waals surface area contributed by atoms with Crippen LogP contribution in [0.5, 0.6) is 0 Å². The minimum atomic E-state index is -0.0318. The molecular weight excluding hydrogens is 278 g/mol. The molecule has 0 aliphatic heterocycles. The van der Waals surface area contributed by atoms with Crippen molar-refractivity contribution in [2.24, 2.45) is 0 Å². The second-order valence-electron chi connectivity index (χ2n) is 5.73. The van der Waals surface area contributed by atoms with Crippen molar-refractivity contribution in [1.29, 1.82) is 0 Å². The zero-order valence-corrected chi connectivity index (χ0v) is 13.7. The van der Waals surface area contributed by atoms with Crippen molar-refractivity contribution >= 4 is 17.3 Å². The summed E-state index contributed by atoms with van der Waals surface area (Å²) in [5.74, 6) is -0.0519. The van der Waals surface area contributed by atoms with Gasteiger partial charge >= 0.3 is 0 Å². The molecule has 0 amide bonds. The van der Waals surface area contributed by atoms with Gasteiger partial charge in [0.25, 0.3) is 0 Å². The number of aromatic nitrogens is 2. The summed E-state index contributed by atoms with van der Waals surface area (Å²) in [5, 5.41) is 0. The molecule has 0 aromatic carbocycles. The number of nitrogens with one attached hydrogen (secondary N) is 1. The highest BCUT2D eigenvalue weighted by Crippen LogP contribution is 2.19. The summed E-state index contributed by atoms with van der Waals surface area (Å²) < 4.78 is 1.83. The second-order valence-corrected chi connectivity index (χ2v) is 5.73. The van der Waals surface area contributed by atoms with Crippen LogP contribution < -0.4 is 9.47 Å². The minimum Gasteiger partial charge on any atom is -0.377 e. The van der Waals surface area contributed by atoms with Crippen molar-refractivity contribution in [2.45, 2.75) is 27.3 Å². The van der Waals surface area contributed by atoms with Gasteiger partial charge in [0.2, 0.25) is 12.3 Å². The number of anilines is 1. The summed E-state index contributed by atoms with van der Waals surface area (Å²) in [6.07, 6.45) is 3.76. The van der Waals surface area contributed by atoms with Crippen LogP contribution >= 0.6 is 0 Å². The van der Waals surface area contributed by atoms with Gasteiger partial charge in [-0.3, -0.25) is 9.59 Å². The van der Waals surface area contributed by atoms with E-state index in [1.165, 1.54) is 6.92 Å². The SMILES string of the molecule is CC(=O)c1c(C)[nH]c(C(=O)C[n+]2ccc(N(C)C)cc2)c1C. The van der Waals surface area contributed by atoms with Crippen LogP contribution in [0.2, 0.25) is 0 Å². The van der Waals surface area contributed by atoms with Gasteiger partial charge in [0, 0.05) is 43.2 Å². The van der Waals surface area contributed by atoms with E-state index >= 15 is 0 Å². The minimum absolute atomic E-state index is 0.0201. The van der Waals surface area contributed by atoms with E-state index in [2.05, 4.69) is 4.98 Å². The number of Topliss-reactive ketones (excluding diaryl/α,β-unsaturated/α-hetero) is 2. The molecule has 0 unspecified atom stereocenters. The molecule has 0 saturated heterocycles. The Morgan fingerprint density at radius 2 is 1.77 bits per heavy atom. The van der Waals surface area contributed by atoms with Crippen molar-refractivity contribution in [3.05, 3.63) is 47.0 Å². The van der Waals surface area contributed by atoms with Crippen LogP contribution in [0.15, 0.2) is 24.5 Å². The van der Waals surface area contributed by atoms with E-state index in [1.54, 1.807) is 0 Å². The molecule has 0 fully saturated rings. The van der Waals surface area contributed by atoms with Crippen molar-refractivity contribution in [1.82, 2.24) is 4.98 Å². The number of aryl methyl sites for hydroxylation is 1. The Balaban J connectivity index is 2.22. The van der Waals surface area contributed by atoms with Gasteiger partial charge in [0.1, 0.15) is 0 Å². The lowest BCUT2D eigenvalue weighted by molar-refractivity contribution is -0.683. The van der Waals surface area contributed by atoms with E-state index in [-0.39, 0.29) is 18.1 Å². The summed E-state index contributed by atoms with van der Waals surface area (Å²) in [6.45, 7) is 5.39. The fourth-order valence-electron chi connectivity index (χ4n) is 2.65. The zero-order valence-electron chi connectivity index (χ0n) is 13.7. The molecule has 2 aromatic rings. The zero-order chi connectivity index (χ0) is 16.4. The molecule has 2 aromatic heterocycles. The molecule has 2 heterocycles. The lowest BCUT2D eigenvalue weighted by Crippen LogP contribution is -2.37. The Bertz CT molecular complexity index is 712. The number of carbonyl (C=O) groups excluding carboxylic acids is 2. The number of hydrogen-bond acceptors (Lipinski definition) is 3. The maximum Gasteiger partial charge on any atom is 0.243 e. The third-order valence-corrected chi connectivity index (χ3v) is 3.78. The highest BCUT2D eigenvalue weighted by Gasteiger charge is 2.22. The predicted molar refractivity (Wildman–Crippen MR) is 85.6 cm³/mol. The highest BCUT2D eigenvalue weighted by molar-refractivity contribution is 6.02. The van der Waals surface area contributed by atoms with Crippen LogP contribution in [0, 0.1) is 13.8 Å². The van der Waals surface area contributed by atoms with Crippen molar-refractivity contribution in [3.8, 4) is 0 Å². The van der Waals surface area contributed by atoms with Gasteiger partial charge in [-0.15, -0.1) is 0 Å². The number of pyridine rings is 1. The lowest BCUT2D eigenvalue weighted by Gasteiger charge is -2.10. The Morgan fingerprint density at radius 1 is 1.18 bits per heavy atom. The first kappa shape index (κ1) is 15.9. The standard InChI is InChI=1S/C17H21N3O2/c1-11-16(13(3)21)12(2)18-17(11)15(22)10-20-8-6-14(7-9-20)19(4)5/h6-9H,10H2,1-5H3/p+1. The maximum absolute atomic E-state index is 12.5. The van der Waals surface area contributed by atoms with Gasteiger partial charge in [-0.05, 0) is 26.3 Å². The van der Waals surface area contributed by atoms with Crippen molar-refractivity contribution < 1.29 is 14.2 Å². The number of nitrogens with zero attached hydrogens (tertiary/aromatic N) is 2. The van der Waals surface area contributed by atoms with Crippen LogP contribution in [0.1, 0.15) is 39.0 Å². The number of hydrogen-bond donors (Lipinski definition) is 1. The molecule has 5 heteroatoms. The molecule has 0 bridgehead atoms. The molecule has 0 atom stereocenters. The summed E-state index contributed by atoms with van der Waals surface area (Å²) in [7, 11) is 3.94. The fourth-order valence-corrected chi connectivity index (χ4v) is 2.65. The second kappa shape index (κ2) is 6.13. The Hall–Kier alpha value is -2.43. The monoisotopic (exact) mass is 300 g/mol. The number of H-pyrrole nitrogens is 1. The van der Waals surface area contributed by atoms with Gasteiger partial charge in [-0.25, -0.2) is 0 Å². The van der Waals surface area contributed by atoms with Gasteiger partial charge in [0.05, 0.1) is 5.69 Å². The number of carbonyl (C=O) groups is 2. The molecular formula is C17H22N3O2+. The average molecular weight is 300 g/mol. The molecule has 2 rings (SSSR count). The Labute approximate surface area is 130 Å². The molecule has 116 valence electrons. The summed E-state index contributed by atoms with van der Waals surface area (Å²) in [6, 6.07) is 3.92. The number of ketones is 2. The van der Waals surface area contributed by atoms with E-state index < -0.39 is 0 Å². The van der Waals surface area contributed by atoms with E-state index in [1.807, 2.05) is 61.9 Å². The third-order valence-electron chi connectivity index (χ3n) is 3.78. The topological polar surface area (TPSA) is 57.1 Å². The molecule has 0 radical (unpaired) electrons. The predicted octanol–water partition coefficient (Wildman–Crippen LogP) is 2.07. The van der Waals surface area contributed by atoms with Crippen LogP contribution in [-0.2, 0) is 6.54 Å². The molecule has 22 heavy (non-hydrogen) atoms. The Kier molecular flexibility index (Phi) is 4.45. The maximum atomic E-state index is 12.5. The lowest BCUT2D eigenvalue weighted by atomic mass is 10.1. The van der Waals surface area contributed by atoms with E-state index in [9.17, 15) is 9.59 Å². The van der Waals surface area contributed by atoms with E-state index in [0.717, 1.165) is 16.9 Å². The molecule has 0 aliphatic rings. The van der Waals surface area contributed by atoms with Crippen LogP contribution in [0.4, 0.5) is 5.69 Å². The average Bonchev–Trinajstić information content (AvgIpc) is 2.74. The quantitative estimate of drug-likeness (QED) is 0.679. The van der Waals surface area contributed by atoms with E-state index in [4.69, 9.17) is 0 Å². The van der Waals surface area contributed by atoms with Crippen LogP contribution in [-0.4, -0.2) is 30.6 Å². The summed E-state index contributed by atoms with van der Waals surface area (Å²) >= 11 is 0. The van der Waals surface area contributed by atoms with Crippen molar-refractivity contribution in [2.75, 3.05) is 19.0 Å². The number of aromatic amines is 1. The van der Waals surface area contributed by atoms with Crippen LogP contribution in [0.25, 0.3) is 0 Å². The molecule has 1 N–H and O–H groups in total. The van der Waals surface area contributed by atoms with Gasteiger partial charge < -0.3 is 9.88 Å². The smallest absolute Gasteiger partial charge is 0.243 e. The first-order valence-electron chi connectivity index (χ1n) is 7.21. The Morgan fingerprint density at radius 3 is 2.23 bits per heavy atom. The van der Waals surface area contributed by atoms with Crippen LogP contribution in [0.3, 0.4) is 0 Å². The third kappa shape index (κ3) is 3.08. The van der Waals surface area contributed by atoms with E-state index in [0.29, 0.717) is 11.3 Å². The summed E-state index contributed by atoms with van der Waals surface area (Å²) in [4.78, 5) is 29.2. The van der Waals surface area contributed by atoms with Crippen molar-refractivity contribution in [3.63, 3.8) is 0 Å². The summed E-state index contributed by atoms with van der Waals surface area (Å²) in [5.41, 5.74) is 3.71. The highest BCUT2D eigenvalue weighted by atomic mass is 16.1.